The van der Waals surface area contributed by atoms with Crippen LogP contribution >= 0.6 is 0 Å². The first-order valence-electron chi connectivity index (χ1n) is 9.41. The highest BCUT2D eigenvalue weighted by molar-refractivity contribution is 7.89. The normalized spacial score (nSPS) is 28.0. The maximum atomic E-state index is 12.7. The Bertz CT molecular complexity index is 744. The maximum Gasteiger partial charge on any atom is 0.303 e. The molecule has 0 spiro atoms. The molecule has 0 saturated heterocycles. The van der Waals surface area contributed by atoms with Crippen LogP contribution in [0.3, 0.4) is 0 Å². The lowest BCUT2D eigenvalue weighted by Gasteiger charge is -2.31. The maximum absolute atomic E-state index is 12.7. The fourth-order valence-electron chi connectivity index (χ4n) is 4.52. The number of carboxylic acid groups (broad SMARTS) is 1. The van der Waals surface area contributed by atoms with Crippen LogP contribution < -0.4 is 4.72 Å². The van der Waals surface area contributed by atoms with Gasteiger partial charge in [-0.05, 0) is 68.4 Å². The lowest BCUT2D eigenvalue weighted by atomic mass is 9.83. The van der Waals surface area contributed by atoms with Gasteiger partial charge < -0.3 is 5.11 Å². The number of aliphatic carboxylic acids is 1. The topological polar surface area (TPSA) is 83.5 Å². The van der Waals surface area contributed by atoms with Gasteiger partial charge in [0.05, 0.1) is 4.90 Å². The predicted molar refractivity (Wildman–Crippen MR) is 100 cm³/mol. The van der Waals surface area contributed by atoms with Gasteiger partial charge in [-0.1, -0.05) is 30.4 Å². The van der Waals surface area contributed by atoms with Crippen molar-refractivity contribution in [2.45, 2.75) is 55.9 Å². The third kappa shape index (κ3) is 4.54. The minimum absolute atomic E-state index is 0.00243. The summed E-state index contributed by atoms with van der Waals surface area (Å²) >= 11 is 0. The molecule has 4 atom stereocenters. The molecule has 1 aromatic rings. The van der Waals surface area contributed by atoms with Crippen molar-refractivity contribution in [3.63, 3.8) is 0 Å². The van der Waals surface area contributed by atoms with E-state index in [0.717, 1.165) is 25.7 Å². The van der Waals surface area contributed by atoms with Crippen LogP contribution in [0.25, 0.3) is 0 Å². The van der Waals surface area contributed by atoms with E-state index < -0.39 is 16.0 Å². The number of unbranched alkanes of at least 4 members (excludes halogenated alkanes) is 1. The van der Waals surface area contributed by atoms with Crippen molar-refractivity contribution in [1.29, 1.82) is 0 Å². The average Bonchev–Trinajstić information content (AvgIpc) is 3.20. The van der Waals surface area contributed by atoms with Crippen molar-refractivity contribution in [2.75, 3.05) is 0 Å². The quantitative estimate of drug-likeness (QED) is 0.509. The average molecular weight is 378 g/mol. The summed E-state index contributed by atoms with van der Waals surface area (Å²) in [6, 6.07) is 8.57. The molecule has 2 fully saturated rings. The van der Waals surface area contributed by atoms with E-state index in [9.17, 15) is 13.2 Å². The minimum Gasteiger partial charge on any atom is -0.481 e. The highest BCUT2D eigenvalue weighted by atomic mass is 32.2. The molecule has 2 aliphatic carbocycles. The van der Waals surface area contributed by atoms with Crippen LogP contribution in [0.4, 0.5) is 0 Å². The number of rotatable bonds is 9. The Hall–Kier alpha value is -1.66. The Morgan fingerprint density at radius 3 is 2.62 bits per heavy atom. The van der Waals surface area contributed by atoms with Gasteiger partial charge in [0.25, 0.3) is 0 Å². The van der Waals surface area contributed by atoms with Crippen molar-refractivity contribution in [3.05, 3.63) is 42.5 Å². The molecule has 2 N–H and O–H groups in total. The molecule has 3 rings (SSSR count). The Morgan fingerprint density at radius 2 is 1.88 bits per heavy atom. The summed E-state index contributed by atoms with van der Waals surface area (Å²) < 4.78 is 28.4. The predicted octanol–water partition coefficient (Wildman–Crippen LogP) is 3.58. The smallest absolute Gasteiger partial charge is 0.303 e. The lowest BCUT2D eigenvalue weighted by Crippen LogP contribution is -2.43. The number of hydrogen-bond donors (Lipinski definition) is 2. The molecule has 0 unspecified atom stereocenters. The summed E-state index contributed by atoms with van der Waals surface area (Å²) in [7, 11) is -3.49. The van der Waals surface area contributed by atoms with Gasteiger partial charge in [-0.25, -0.2) is 13.1 Å². The van der Waals surface area contributed by atoms with Gasteiger partial charge in [0.15, 0.2) is 0 Å². The van der Waals surface area contributed by atoms with Gasteiger partial charge in [0.1, 0.15) is 0 Å². The zero-order valence-corrected chi connectivity index (χ0v) is 15.7. The van der Waals surface area contributed by atoms with Gasteiger partial charge in [-0.3, -0.25) is 4.79 Å². The number of allylic oxidation sites excluding steroid dienone is 2. The van der Waals surface area contributed by atoms with Crippen LogP contribution in [0.15, 0.2) is 47.4 Å². The monoisotopic (exact) mass is 377 g/mol. The number of benzene rings is 1. The van der Waals surface area contributed by atoms with E-state index in [1.807, 2.05) is 12.1 Å². The second-order valence-electron chi connectivity index (χ2n) is 7.45. The van der Waals surface area contributed by atoms with Gasteiger partial charge in [-0.2, -0.15) is 0 Å². The first-order valence-corrected chi connectivity index (χ1v) is 10.9. The van der Waals surface area contributed by atoms with E-state index in [0.29, 0.717) is 29.1 Å². The lowest BCUT2D eigenvalue weighted by molar-refractivity contribution is -0.137. The Balaban J connectivity index is 1.60. The van der Waals surface area contributed by atoms with Crippen molar-refractivity contribution >= 4 is 16.0 Å². The summed E-state index contributed by atoms with van der Waals surface area (Å²) in [4.78, 5) is 10.9. The Morgan fingerprint density at radius 1 is 1.15 bits per heavy atom. The molecule has 0 aromatic heterocycles. The molecular formula is C20H27NO4S. The molecule has 2 bridgehead atoms. The summed E-state index contributed by atoms with van der Waals surface area (Å²) in [6.07, 6.45) is 10.00. The second-order valence-corrected chi connectivity index (χ2v) is 9.16. The van der Waals surface area contributed by atoms with Crippen LogP contribution in [0.2, 0.25) is 0 Å². The van der Waals surface area contributed by atoms with Gasteiger partial charge >= 0.3 is 5.97 Å². The van der Waals surface area contributed by atoms with Crippen molar-refractivity contribution < 1.29 is 18.3 Å². The Kier molecular flexibility index (Phi) is 6.14. The van der Waals surface area contributed by atoms with E-state index in [1.54, 1.807) is 24.3 Å². The SMILES string of the molecule is O=C(O)CCC/C=C/C[C@H]1[C@H]2CC[C@@H](C2)[C@H]1NS(=O)(=O)c1ccccc1. The molecule has 26 heavy (non-hydrogen) atoms. The summed E-state index contributed by atoms with van der Waals surface area (Å²) in [5.74, 6) is 0.598. The third-order valence-corrected chi connectivity index (χ3v) is 7.24. The largest absolute Gasteiger partial charge is 0.481 e. The van der Waals surface area contributed by atoms with Crippen LogP contribution in [0.5, 0.6) is 0 Å². The zero-order chi connectivity index (χ0) is 18.6. The van der Waals surface area contributed by atoms with E-state index in [1.165, 1.54) is 6.42 Å². The standard InChI is InChI=1S/C20H27NO4S/c22-19(23)11-7-2-1-6-10-18-15-12-13-16(14-15)20(18)21-26(24,25)17-8-4-3-5-9-17/h1,3-6,8-9,15-16,18,20-21H,2,7,10-14H2,(H,22,23)/b6-1+/t15-,16-,18-,20+/m0/s1. The molecule has 2 aliphatic rings. The number of nitrogens with one attached hydrogen (secondary N) is 1. The van der Waals surface area contributed by atoms with Crippen molar-refractivity contribution in [1.82, 2.24) is 4.72 Å². The summed E-state index contributed by atoms with van der Waals surface area (Å²) in [6.45, 7) is 0. The highest BCUT2D eigenvalue weighted by Gasteiger charge is 2.48. The molecule has 2 saturated carbocycles. The van der Waals surface area contributed by atoms with Crippen molar-refractivity contribution in [3.8, 4) is 0 Å². The molecule has 142 valence electrons. The fraction of sp³-hybridized carbons (Fsp3) is 0.550. The number of hydrogen-bond acceptors (Lipinski definition) is 3. The second kappa shape index (κ2) is 8.35. The minimum atomic E-state index is -3.49. The number of carboxylic acids is 1. The first-order chi connectivity index (χ1) is 12.5. The molecule has 0 heterocycles. The van der Waals surface area contributed by atoms with Crippen LogP contribution in [0.1, 0.15) is 44.9 Å². The van der Waals surface area contributed by atoms with Crippen LogP contribution in [0, 0.1) is 17.8 Å². The zero-order valence-electron chi connectivity index (χ0n) is 14.9. The Labute approximate surface area is 155 Å². The molecule has 6 heteroatoms. The molecule has 0 amide bonds. The molecular weight excluding hydrogens is 350 g/mol. The van der Waals surface area contributed by atoms with Gasteiger partial charge in [0.2, 0.25) is 10.0 Å². The van der Waals surface area contributed by atoms with Crippen LogP contribution in [-0.2, 0) is 14.8 Å². The van der Waals surface area contributed by atoms with Crippen LogP contribution in [-0.4, -0.2) is 25.5 Å². The number of carbonyl (C=O) groups is 1. The van der Waals surface area contributed by atoms with E-state index in [-0.39, 0.29) is 12.5 Å². The van der Waals surface area contributed by atoms with E-state index >= 15 is 0 Å². The third-order valence-electron chi connectivity index (χ3n) is 5.77. The summed E-state index contributed by atoms with van der Waals surface area (Å²) in [5, 5.41) is 8.66. The highest BCUT2D eigenvalue weighted by Crippen LogP contribution is 2.50. The summed E-state index contributed by atoms with van der Waals surface area (Å²) in [5.41, 5.74) is 0. The number of sulfonamides is 1. The van der Waals surface area contributed by atoms with Gasteiger partial charge in [-0.15, -0.1) is 0 Å². The fourth-order valence-corrected chi connectivity index (χ4v) is 5.90. The van der Waals surface area contributed by atoms with E-state index in [2.05, 4.69) is 10.8 Å². The first kappa shape index (κ1) is 19.1. The van der Waals surface area contributed by atoms with Gasteiger partial charge in [0, 0.05) is 12.5 Å². The molecule has 1 aromatic carbocycles. The number of fused-ring (bicyclic) bond motifs is 2. The molecule has 5 nitrogen and oxygen atoms in total. The molecule has 0 aliphatic heterocycles. The van der Waals surface area contributed by atoms with E-state index in [4.69, 9.17) is 5.11 Å². The van der Waals surface area contributed by atoms with Crippen molar-refractivity contribution in [2.24, 2.45) is 17.8 Å². The molecule has 0 radical (unpaired) electrons.